The number of carboxylic acids is 1. The zero-order chi connectivity index (χ0) is 99.5. The minimum atomic E-state index is -1.81. The fraction of sp³-hybridized carbons (Fsp3) is 0.538. The molecule has 3 aliphatic heterocycles. The van der Waals surface area contributed by atoms with E-state index in [1.165, 1.54) is 97.9 Å². The van der Waals surface area contributed by atoms with E-state index in [0.717, 1.165) is 36.5 Å². The van der Waals surface area contributed by atoms with E-state index in [-0.39, 0.29) is 88.2 Å². The minimum Gasteiger partial charge on any atom is -0.508 e. The lowest BCUT2D eigenvalue weighted by Gasteiger charge is -2.38. The molecule has 0 spiro atoms. The molecule has 0 bridgehead atoms. The van der Waals surface area contributed by atoms with Gasteiger partial charge in [-0.1, -0.05) is 102 Å². The Morgan fingerprint density at radius 1 is 0.588 bits per heavy atom. The smallest absolute Gasteiger partial charge is 0.303 e. The van der Waals surface area contributed by atoms with Crippen LogP contribution in [0.3, 0.4) is 0 Å². The number of aromatic amines is 2. The number of benzene rings is 3. The van der Waals surface area contributed by atoms with Crippen molar-refractivity contribution in [1.29, 1.82) is 0 Å². The fourth-order valence-electron chi connectivity index (χ4n) is 17.2. The largest absolute Gasteiger partial charge is 0.508 e. The number of amides is 16. The molecule has 0 saturated carbocycles. The first kappa shape index (κ1) is 107. The highest BCUT2D eigenvalue weighted by Crippen LogP contribution is 2.32. The number of aromatic nitrogens is 3. The van der Waals surface area contributed by atoms with Crippen LogP contribution >= 0.6 is 23.1 Å². The number of nitrogens with two attached hydrogens (primary N) is 3. The van der Waals surface area contributed by atoms with Crippen molar-refractivity contribution in [3.63, 3.8) is 0 Å². The van der Waals surface area contributed by atoms with Gasteiger partial charge in [-0.05, 0) is 122 Å². The van der Waals surface area contributed by atoms with Crippen LogP contribution in [0.4, 0.5) is 0 Å². The number of nitrogens with zero attached hydrogens (tertiary/aromatic N) is 7. The van der Waals surface area contributed by atoms with Gasteiger partial charge in [-0.15, -0.1) is 23.1 Å². The molecule has 3 fully saturated rings. The highest BCUT2D eigenvalue weighted by atomic mass is 32.2. The number of thioether (sulfide) groups is 1. The Morgan fingerprint density at radius 3 is 1.83 bits per heavy atom. The van der Waals surface area contributed by atoms with E-state index < -0.39 is 260 Å². The monoisotopic (exact) mass is 1920 g/mol. The van der Waals surface area contributed by atoms with Gasteiger partial charge in [-0.25, -0.2) is 4.98 Å². The Kier molecular flexibility index (Phi) is 39.7. The molecule has 6 aromatic rings. The first-order chi connectivity index (χ1) is 64.7. The predicted molar refractivity (Wildman–Crippen MR) is 503 cm³/mol. The number of carbonyl (C=O) groups is 18. The average molecular weight is 1930 g/mol. The SMILES string of the molecule is CCCC[C@H]1C(=O)N(C)[C@@H](CCCC)C(=O)N(C)[C@@H](CC(C)C)C(=O)N[C@H](C(=O)NCC(N)=O)CSCC(=O)N[C@@H](Cc2ccc(O)cc2)C(=O)N(C)[C@@H](C)C(=O)N[C@@H](CC(N)=O)C(=O)N2CCC[C@H]2C(=O)N[C@@H](Cc2c[nH]cn2)C(=O)N[C@@H](CCC(=O)O)C(=O)N2C[C@H](O)C[C@H]2C(=O)C[C@@H](Cc2c[nH]c3ccccc23)C(=O)N[C@@H](CCN)C(=O)N[C@@H](Cc2csc3ccccc23)C(=O)N1C. The maximum atomic E-state index is 15.9. The number of aliphatic hydroxyl groups excluding tert-OH is 1. The number of primary amides is 2. The standard InChI is InChI=1S/C93H128N20O21S2/c1-10-12-22-71-92(133)110(8)72(23-13-11-2)93(134)111(9)74(35-51(3)4)87(128)107-69(83(124)99-45-78(96)118)48-135-49-79(119)101-66(36-53-26-28-58(114)29-27-53)88(129)108(6)52(5)81(122)105-68(42-77(95)117)91(132)112-34-18-24-70(112)86(127)104-65(40-57-44-97-50-100-57)85(126)103-64(30-31-80(120)121)90(131)113-46-59(115)41-73(113)75(116)39-54(37-55-43-98-62-21-16-14-19-60(55)62)82(123)102-63(32-33-94)84(125)106-67(89(130)109(71)7)38-56-47-136-76-25-17-15-20-61(56)76/h14-17,19-21,25-29,43-44,47,50-52,54,59,63-74,98,114-115H,10-13,18,22-24,30-42,45-46,48-49,94H2,1-9H3,(H2,95,117)(H2,96,118)(H,97,100)(H,99,124)(H,101,119)(H,102,123)(H,103,126)(H,104,127)(H,105,122)(H,106,125)(H,107,128)(H,120,121)/t52-,54+,59+,63-,64-,65-,66-,67-,68-,69-,70-,71-,72-,73-,74-/m0/s1. The Morgan fingerprint density at radius 2 is 1.19 bits per heavy atom. The van der Waals surface area contributed by atoms with E-state index in [2.05, 4.69) is 57.5 Å². The number of carboxylic acid groups (broad SMARTS) is 1. The van der Waals surface area contributed by atoms with Crippen LogP contribution in [0.15, 0.2) is 96.9 Å². The topological polar surface area (TPSA) is 606 Å². The number of nitrogens with one attached hydrogen (secondary N) is 10. The molecule has 9 rings (SSSR count). The van der Waals surface area contributed by atoms with Gasteiger partial charge in [0.25, 0.3) is 0 Å². The fourth-order valence-corrected chi connectivity index (χ4v) is 19.0. The number of Topliss-reactive ketones (excluding diaryl/α,β-unsaturated/α-hetero) is 1. The van der Waals surface area contributed by atoms with Crippen molar-refractivity contribution in [3.8, 4) is 5.75 Å². The van der Waals surface area contributed by atoms with Crippen molar-refractivity contribution >= 4 is 150 Å². The van der Waals surface area contributed by atoms with E-state index in [9.17, 15) is 58.5 Å². The molecule has 3 aliphatic rings. The van der Waals surface area contributed by atoms with Crippen LogP contribution in [-0.2, 0) is 112 Å². The predicted octanol–water partition coefficient (Wildman–Crippen LogP) is 0.195. The number of likely N-dealkylation sites (N-methyl/N-ethyl adjacent to an activating group) is 4. The van der Waals surface area contributed by atoms with Gasteiger partial charge >= 0.3 is 5.97 Å². The van der Waals surface area contributed by atoms with E-state index in [1.807, 2.05) is 37.4 Å². The normalized spacial score (nSPS) is 24.8. The molecular weight excluding hydrogens is 1800 g/mol. The molecule has 19 N–H and O–H groups in total. The lowest BCUT2D eigenvalue weighted by molar-refractivity contribution is -0.153. The Labute approximate surface area is 795 Å². The van der Waals surface area contributed by atoms with Gasteiger partial charge in [0.1, 0.15) is 78.3 Å². The number of aliphatic hydroxyl groups is 1. The second kappa shape index (κ2) is 50.6. The molecule has 16 amide bonds. The van der Waals surface area contributed by atoms with E-state index in [0.29, 0.717) is 53.3 Å². The Hall–Kier alpha value is -12.9. The van der Waals surface area contributed by atoms with Crippen molar-refractivity contribution in [3.05, 3.63) is 119 Å². The molecule has 136 heavy (non-hydrogen) atoms. The minimum absolute atomic E-state index is 0.0235. The zero-order valence-corrected chi connectivity index (χ0v) is 79.7. The second-order valence-corrected chi connectivity index (χ2v) is 37.4. The van der Waals surface area contributed by atoms with Gasteiger partial charge in [0.05, 0.1) is 42.9 Å². The third kappa shape index (κ3) is 29.1. The summed E-state index contributed by atoms with van der Waals surface area (Å²) in [4.78, 5) is 281. The van der Waals surface area contributed by atoms with Crippen LogP contribution in [0.25, 0.3) is 21.0 Å². The average Bonchev–Trinajstić information content (AvgIpc) is 1.51. The first-order valence-corrected chi connectivity index (χ1v) is 47.9. The number of aliphatic carboxylic acids is 1. The number of phenolic OH excluding ortho intramolecular Hbond substituents is 1. The molecule has 0 radical (unpaired) electrons. The van der Waals surface area contributed by atoms with Crippen LogP contribution < -0.4 is 59.7 Å². The maximum Gasteiger partial charge on any atom is 0.303 e. The van der Waals surface area contributed by atoms with Crippen molar-refractivity contribution in [2.24, 2.45) is 29.0 Å². The number of hydrogen-bond acceptors (Lipinski definition) is 24. The molecule has 15 atom stereocenters. The van der Waals surface area contributed by atoms with Crippen molar-refractivity contribution < 1.29 is 102 Å². The molecular formula is C93H128N20O21S2. The summed E-state index contributed by atoms with van der Waals surface area (Å²) >= 11 is 2.18. The number of fused-ring (bicyclic) bond motifs is 4. The first-order valence-electron chi connectivity index (χ1n) is 45.8. The molecule has 3 aromatic heterocycles. The highest BCUT2D eigenvalue weighted by Gasteiger charge is 2.47. The van der Waals surface area contributed by atoms with Gasteiger partial charge in [0, 0.05) is 119 Å². The Bertz CT molecular complexity index is 5270. The summed E-state index contributed by atoms with van der Waals surface area (Å²) in [6.45, 7) is 6.97. The summed E-state index contributed by atoms with van der Waals surface area (Å²) in [7, 11) is 5.39. The number of aromatic hydroxyl groups is 1. The summed E-state index contributed by atoms with van der Waals surface area (Å²) in [5.41, 5.74) is 19.9. The summed E-state index contributed by atoms with van der Waals surface area (Å²) in [6, 6.07) is 0.103. The number of carbonyl (C=O) groups excluding carboxylic acids is 17. The lowest BCUT2D eigenvalue weighted by atomic mass is 9.90. The number of hydrogen-bond donors (Lipinski definition) is 16. The lowest BCUT2D eigenvalue weighted by Crippen LogP contribution is -2.61. The van der Waals surface area contributed by atoms with E-state index in [4.69, 9.17) is 17.2 Å². The molecule has 6 heterocycles. The van der Waals surface area contributed by atoms with E-state index in [1.54, 1.807) is 50.4 Å². The third-order valence-corrected chi connectivity index (χ3v) is 26.9. The van der Waals surface area contributed by atoms with Gasteiger partial charge in [-0.3, -0.25) is 86.3 Å². The number of ketones is 1. The summed E-state index contributed by atoms with van der Waals surface area (Å²) in [5.74, 6) is -19.7. The molecule has 3 saturated heterocycles. The molecule has 738 valence electrons. The van der Waals surface area contributed by atoms with Crippen LogP contribution in [0.1, 0.15) is 153 Å². The molecule has 43 heteroatoms. The van der Waals surface area contributed by atoms with E-state index >= 15 is 43.2 Å². The van der Waals surface area contributed by atoms with Crippen molar-refractivity contribution in [1.82, 2.24) is 86.9 Å². The molecule has 3 aromatic carbocycles. The number of H-pyrrole nitrogens is 2. The number of unbranched alkanes of at least 4 members (excludes halogenated alkanes) is 2. The van der Waals surface area contributed by atoms with Crippen LogP contribution in [-0.4, -0.2) is 316 Å². The van der Waals surface area contributed by atoms with Crippen molar-refractivity contribution in [2.75, 3.05) is 65.9 Å². The van der Waals surface area contributed by atoms with Gasteiger partial charge in [-0.2, -0.15) is 0 Å². The quantitative estimate of drug-likeness (QED) is 0.0345. The number of phenols is 1. The van der Waals surface area contributed by atoms with Crippen LogP contribution in [0, 0.1) is 11.8 Å². The number of thiophene rings is 1. The number of para-hydroxylation sites is 1. The summed E-state index contributed by atoms with van der Waals surface area (Å²) < 4.78 is 0.839. The maximum absolute atomic E-state index is 15.9. The molecule has 0 aliphatic carbocycles. The zero-order valence-electron chi connectivity index (χ0n) is 78.0. The van der Waals surface area contributed by atoms with Gasteiger partial charge in [0.15, 0.2) is 5.78 Å². The highest BCUT2D eigenvalue weighted by molar-refractivity contribution is 8.00. The number of rotatable bonds is 26. The third-order valence-electron chi connectivity index (χ3n) is 24.9. The summed E-state index contributed by atoms with van der Waals surface area (Å²) in [6.07, 6.45) is 0.221. The second-order valence-electron chi connectivity index (χ2n) is 35.4. The van der Waals surface area contributed by atoms with Gasteiger partial charge < -0.3 is 114 Å². The van der Waals surface area contributed by atoms with Crippen molar-refractivity contribution in [2.45, 2.75) is 241 Å². The van der Waals surface area contributed by atoms with Gasteiger partial charge in [0.2, 0.25) is 94.5 Å². The number of imidazole rings is 1. The van der Waals surface area contributed by atoms with Crippen LogP contribution in [0.5, 0.6) is 5.75 Å². The van der Waals surface area contributed by atoms with Crippen LogP contribution in [0.2, 0.25) is 0 Å². The molecule has 41 nitrogen and oxygen atoms in total. The Balaban J connectivity index is 1.11. The molecule has 0 unspecified atom stereocenters. The summed E-state index contributed by atoms with van der Waals surface area (Å²) in [5, 5.41) is 56.3.